The van der Waals surface area contributed by atoms with Crippen LogP contribution in [0.4, 0.5) is 5.69 Å². The van der Waals surface area contributed by atoms with Crippen molar-refractivity contribution in [1.29, 1.82) is 0 Å². The summed E-state index contributed by atoms with van der Waals surface area (Å²) in [6, 6.07) is 19.6. The van der Waals surface area contributed by atoms with Crippen LogP contribution in [0, 0.1) is 0 Å². The van der Waals surface area contributed by atoms with Gasteiger partial charge in [-0.3, -0.25) is 0 Å². The van der Waals surface area contributed by atoms with E-state index in [1.165, 1.54) is 26.8 Å². The average Bonchev–Trinajstić information content (AvgIpc) is 2.85. The van der Waals surface area contributed by atoms with Gasteiger partial charge in [0.05, 0.1) is 0 Å². The molecule has 1 aliphatic rings. The second-order valence-corrected chi connectivity index (χ2v) is 13.3. The van der Waals surface area contributed by atoms with Gasteiger partial charge in [-0.1, -0.05) is 0 Å². The summed E-state index contributed by atoms with van der Waals surface area (Å²) in [4.78, 5) is 6.35. The molecule has 0 fully saturated rings. The van der Waals surface area contributed by atoms with Crippen molar-refractivity contribution in [1.82, 2.24) is 4.98 Å². The topological polar surface area (TPSA) is 15.3 Å². The van der Waals surface area contributed by atoms with Gasteiger partial charge in [-0.05, 0) is 0 Å². The van der Waals surface area contributed by atoms with E-state index < -0.39 is 8.24 Å². The Hall–Kier alpha value is -1.25. The number of hydrogen-bond acceptors (Lipinski definition) is 2. The van der Waals surface area contributed by atoms with Crippen molar-refractivity contribution < 1.29 is 0 Å². The van der Waals surface area contributed by atoms with Crippen molar-refractivity contribution in [2.45, 2.75) is 44.9 Å². The van der Waals surface area contributed by atoms with Gasteiger partial charge < -0.3 is 0 Å². The molecule has 0 amide bonds. The van der Waals surface area contributed by atoms with Gasteiger partial charge in [0.2, 0.25) is 0 Å². The van der Waals surface area contributed by atoms with Gasteiger partial charge in [0.1, 0.15) is 0 Å². The van der Waals surface area contributed by atoms with Crippen LogP contribution in [0.25, 0.3) is 5.70 Å². The summed E-state index contributed by atoms with van der Waals surface area (Å²) >= 11 is 2.33. The van der Waals surface area contributed by atoms with E-state index >= 15 is 0 Å². The zero-order valence-electron chi connectivity index (χ0n) is 17.2. The maximum atomic E-state index is 3.99. The van der Waals surface area contributed by atoms with Gasteiger partial charge in [-0.2, -0.15) is 0 Å². The number of hydrogen-bond donors (Lipinski definition) is 1. The molecule has 0 spiro atoms. The first-order chi connectivity index (χ1) is 12.1. The summed E-state index contributed by atoms with van der Waals surface area (Å²) in [6.45, 7) is 11.8. The molecule has 0 saturated carbocycles. The van der Waals surface area contributed by atoms with Gasteiger partial charge in [-0.25, -0.2) is 0 Å². The predicted molar refractivity (Wildman–Crippen MR) is 117 cm³/mol. The molecule has 2 nitrogen and oxygen atoms in total. The number of anilines is 1. The van der Waals surface area contributed by atoms with Gasteiger partial charge in [0.15, 0.2) is 0 Å². The Bertz CT molecular complexity index is 822. The molecule has 3 rings (SSSR count). The van der Waals surface area contributed by atoms with Crippen LogP contribution in [-0.4, -0.2) is 38.5 Å². The molecule has 2 aromatic rings. The van der Waals surface area contributed by atoms with E-state index in [0.717, 1.165) is 0 Å². The summed E-state index contributed by atoms with van der Waals surface area (Å²) in [5, 5.41) is 0. The monoisotopic (exact) mass is 356 g/mol. The summed E-state index contributed by atoms with van der Waals surface area (Å²) in [5.41, 5.74) is 6.08. The van der Waals surface area contributed by atoms with Crippen LogP contribution < -0.4 is 9.88 Å². The molecular weight excluding hydrogens is 327 g/mol. The second-order valence-electron chi connectivity index (χ2n) is 9.04. The van der Waals surface area contributed by atoms with Crippen molar-refractivity contribution in [3.05, 3.63) is 70.0 Å². The first-order valence-electron chi connectivity index (χ1n) is 9.50. The summed E-state index contributed by atoms with van der Waals surface area (Å²) < 4.78 is 1.49. The third-order valence-corrected chi connectivity index (χ3v) is 8.81. The molecule has 0 saturated heterocycles. The van der Waals surface area contributed by atoms with Gasteiger partial charge in [-0.15, -0.1) is 0 Å². The molecule has 0 bridgehead atoms. The summed E-state index contributed by atoms with van der Waals surface area (Å²) in [6.07, 6.45) is 0. The van der Waals surface area contributed by atoms with Crippen LogP contribution in [0.5, 0.6) is 0 Å². The van der Waals surface area contributed by atoms with Crippen molar-refractivity contribution in [3.63, 3.8) is 0 Å². The Kier molecular flexibility index (Phi) is 5.29. The normalized spacial score (nSPS) is 17.5. The van der Waals surface area contributed by atoms with Gasteiger partial charge in [0.25, 0.3) is 0 Å². The van der Waals surface area contributed by atoms with Crippen molar-refractivity contribution >= 4 is 37.3 Å². The van der Waals surface area contributed by atoms with Crippen LogP contribution >= 0.6 is 0 Å². The zero-order chi connectivity index (χ0) is 19.1. The Morgan fingerprint density at radius 2 is 1.54 bits per heavy atom. The van der Waals surface area contributed by atoms with Crippen LogP contribution in [0.1, 0.15) is 37.4 Å². The first kappa shape index (κ1) is 19.5. The third kappa shape index (κ3) is 3.73. The van der Waals surface area contributed by atoms with Crippen molar-refractivity contribution in [2.75, 3.05) is 11.9 Å². The number of nitrogens with one attached hydrogen (secondary N) is 1. The quantitative estimate of drug-likeness (QED) is 0.785. The number of nitrogens with zero attached hydrogens (tertiary/aromatic N) is 1. The van der Waals surface area contributed by atoms with E-state index in [1.54, 1.807) is 0 Å². The minimum atomic E-state index is -1.74. The number of para-hydroxylation sites is 1. The molecule has 0 radical (unpaired) electrons. The Morgan fingerprint density at radius 3 is 2.15 bits per heavy atom. The maximum absolute atomic E-state index is 3.99. The van der Waals surface area contributed by atoms with E-state index in [9.17, 15) is 0 Å². The van der Waals surface area contributed by atoms with E-state index in [1.807, 2.05) is 0 Å². The van der Waals surface area contributed by atoms with Crippen LogP contribution in [0.2, 0.25) is 13.1 Å². The van der Waals surface area contributed by atoms with Crippen molar-refractivity contribution in [3.8, 4) is 0 Å². The summed E-state index contributed by atoms with van der Waals surface area (Å²) in [5.74, 6) is 0. The van der Waals surface area contributed by atoms with Gasteiger partial charge >= 0.3 is 169 Å². The Labute approximate surface area is 169 Å². The van der Waals surface area contributed by atoms with Crippen LogP contribution in [0.3, 0.4) is 0 Å². The Balaban J connectivity index is 2.11. The van der Waals surface area contributed by atoms with Gasteiger partial charge in [0, 0.05) is 0 Å². The fraction of sp³-hybridized carbons (Fsp3) is 0.364. The molecule has 4 heteroatoms. The second kappa shape index (κ2) is 7.05. The van der Waals surface area contributed by atoms with Crippen LogP contribution in [0.15, 0.2) is 58.8 Å². The van der Waals surface area contributed by atoms with Crippen LogP contribution in [-0.2, 0) is 0 Å². The molecule has 1 aliphatic carbocycles. The fourth-order valence-electron chi connectivity index (χ4n) is 4.74. The summed E-state index contributed by atoms with van der Waals surface area (Å²) in [7, 11) is 0.450. The zero-order valence-corrected chi connectivity index (χ0v) is 18.2. The molecule has 0 aromatic heterocycles. The molecular formula is C22H29LiN2Si. The number of fused-ring (bicyclic) bond motifs is 1. The third-order valence-electron chi connectivity index (χ3n) is 5.23. The van der Waals surface area contributed by atoms with E-state index in [0.29, 0.717) is 5.54 Å². The molecule has 132 valence electrons. The number of rotatable bonds is 4. The van der Waals surface area contributed by atoms with E-state index in [4.69, 9.17) is 0 Å². The first-order valence-corrected chi connectivity index (χ1v) is 12.6. The predicted octanol–water partition coefficient (Wildman–Crippen LogP) is 4.89. The molecule has 1 atom stereocenters. The average molecular weight is 357 g/mol. The van der Waals surface area contributed by atoms with E-state index in [-0.39, 0.29) is 5.54 Å². The standard InChI is InChI=1S/C22H29N2Si.Li/c1-22(2,3)23-25(5,6)21-16-20(18-14-10-11-15-19(18)21)24(4)17-12-8-7-9-13-17;/h7-15,21,23H,1-6H3;. The SMILES string of the molecule is [Li][C]1=C(N(C)c2ccccc2)c2ccccc2C1[Si](C)(C)NC(C)(C)C. The molecule has 0 aliphatic heterocycles. The molecule has 26 heavy (non-hydrogen) atoms. The minimum absolute atomic E-state index is 0.124. The molecule has 2 aromatic carbocycles. The molecule has 0 heterocycles. The Morgan fingerprint density at radius 1 is 0.962 bits per heavy atom. The van der Waals surface area contributed by atoms with E-state index in [2.05, 4.69) is 123 Å². The molecule has 1 unspecified atom stereocenters. The number of benzene rings is 2. The number of allylic oxidation sites excluding steroid dienone is 1. The van der Waals surface area contributed by atoms with Crippen molar-refractivity contribution in [2.24, 2.45) is 0 Å². The molecule has 1 N–H and O–H groups in total. The fourth-order valence-corrected chi connectivity index (χ4v) is 9.07.